The fourth-order valence-corrected chi connectivity index (χ4v) is 1.85. The SMILES string of the molecule is S=C=NCCc1cccc(OCc2ccccc2)c1. The number of ether oxygens (including phenoxy) is 1. The lowest BCUT2D eigenvalue weighted by molar-refractivity contribution is 0.306. The highest BCUT2D eigenvalue weighted by atomic mass is 32.1. The van der Waals surface area contributed by atoms with E-state index in [-0.39, 0.29) is 0 Å². The maximum absolute atomic E-state index is 5.77. The molecule has 0 saturated carbocycles. The fraction of sp³-hybridized carbons (Fsp3) is 0.188. The van der Waals surface area contributed by atoms with Crippen LogP contribution in [0.15, 0.2) is 59.6 Å². The van der Waals surface area contributed by atoms with Crippen molar-refractivity contribution in [3.8, 4) is 5.75 Å². The van der Waals surface area contributed by atoms with E-state index in [1.807, 2.05) is 36.4 Å². The summed E-state index contributed by atoms with van der Waals surface area (Å²) in [5.74, 6) is 0.882. The number of aliphatic imine (C=N–C) groups is 1. The molecule has 0 saturated heterocycles. The average Bonchev–Trinajstić information content (AvgIpc) is 2.47. The largest absolute Gasteiger partial charge is 0.489 e. The van der Waals surface area contributed by atoms with Crippen LogP contribution in [0.2, 0.25) is 0 Å². The van der Waals surface area contributed by atoms with Crippen LogP contribution in [-0.4, -0.2) is 11.7 Å². The Morgan fingerprint density at radius 3 is 2.58 bits per heavy atom. The Kier molecular flexibility index (Phi) is 5.30. The average molecular weight is 269 g/mol. The molecule has 0 aliphatic carbocycles. The van der Waals surface area contributed by atoms with E-state index >= 15 is 0 Å². The molecule has 0 unspecified atom stereocenters. The number of rotatable bonds is 6. The number of hydrogen-bond donors (Lipinski definition) is 0. The third kappa shape index (κ3) is 4.66. The van der Waals surface area contributed by atoms with E-state index in [1.165, 1.54) is 11.1 Å². The molecule has 19 heavy (non-hydrogen) atoms. The Morgan fingerprint density at radius 1 is 1.00 bits per heavy atom. The normalized spacial score (nSPS) is 9.68. The van der Waals surface area contributed by atoms with Gasteiger partial charge >= 0.3 is 0 Å². The van der Waals surface area contributed by atoms with Crippen molar-refractivity contribution in [2.75, 3.05) is 6.54 Å². The van der Waals surface area contributed by atoms with Gasteiger partial charge in [0.25, 0.3) is 0 Å². The lowest BCUT2D eigenvalue weighted by Gasteiger charge is -2.07. The molecular weight excluding hydrogens is 254 g/mol. The number of hydrogen-bond acceptors (Lipinski definition) is 3. The monoisotopic (exact) mass is 269 g/mol. The minimum atomic E-state index is 0.586. The summed E-state index contributed by atoms with van der Waals surface area (Å²) in [4.78, 5) is 3.91. The van der Waals surface area contributed by atoms with Gasteiger partial charge in [-0.1, -0.05) is 42.5 Å². The predicted octanol–water partition coefficient (Wildman–Crippen LogP) is 3.91. The number of benzene rings is 2. The molecule has 3 heteroatoms. The Hall–Kier alpha value is -1.96. The summed E-state index contributed by atoms with van der Waals surface area (Å²) in [6.07, 6.45) is 0.853. The summed E-state index contributed by atoms with van der Waals surface area (Å²) in [5.41, 5.74) is 2.36. The smallest absolute Gasteiger partial charge is 0.120 e. The highest BCUT2D eigenvalue weighted by molar-refractivity contribution is 7.78. The molecule has 2 nitrogen and oxygen atoms in total. The van der Waals surface area contributed by atoms with Crippen LogP contribution < -0.4 is 4.74 Å². The third-order valence-corrected chi connectivity index (χ3v) is 2.85. The van der Waals surface area contributed by atoms with Gasteiger partial charge in [-0.25, -0.2) is 4.99 Å². The van der Waals surface area contributed by atoms with Crippen LogP contribution in [0, 0.1) is 0 Å². The summed E-state index contributed by atoms with van der Waals surface area (Å²) in [7, 11) is 0. The summed E-state index contributed by atoms with van der Waals surface area (Å²) in [6, 6.07) is 18.2. The first-order valence-electron chi connectivity index (χ1n) is 6.18. The van der Waals surface area contributed by atoms with Crippen molar-refractivity contribution in [2.45, 2.75) is 13.0 Å². The summed E-state index contributed by atoms with van der Waals surface area (Å²) < 4.78 is 5.77. The van der Waals surface area contributed by atoms with Gasteiger partial charge in [-0.15, -0.1) is 0 Å². The molecule has 0 bridgehead atoms. The second-order valence-electron chi connectivity index (χ2n) is 4.14. The molecule has 0 atom stereocenters. The molecule has 2 aromatic carbocycles. The highest BCUT2D eigenvalue weighted by Crippen LogP contribution is 2.15. The second kappa shape index (κ2) is 7.47. The molecule has 2 rings (SSSR count). The molecule has 0 spiro atoms. The molecule has 0 aromatic heterocycles. The van der Waals surface area contributed by atoms with E-state index in [0.717, 1.165) is 12.2 Å². The van der Waals surface area contributed by atoms with Gasteiger partial charge in [0.05, 0.1) is 11.7 Å². The molecule has 0 heterocycles. The lowest BCUT2D eigenvalue weighted by Crippen LogP contribution is -1.96. The Balaban J connectivity index is 1.93. The van der Waals surface area contributed by atoms with Gasteiger partial charge in [0.15, 0.2) is 0 Å². The van der Waals surface area contributed by atoms with Crippen LogP contribution in [0.5, 0.6) is 5.75 Å². The Bertz CT molecular complexity index is 562. The maximum atomic E-state index is 5.77. The van der Waals surface area contributed by atoms with Gasteiger partial charge in [-0.3, -0.25) is 0 Å². The van der Waals surface area contributed by atoms with Gasteiger partial charge in [-0.2, -0.15) is 0 Å². The quantitative estimate of drug-likeness (QED) is 0.586. The van der Waals surface area contributed by atoms with E-state index in [2.05, 4.69) is 40.6 Å². The first-order valence-corrected chi connectivity index (χ1v) is 6.58. The zero-order chi connectivity index (χ0) is 13.3. The molecule has 0 fully saturated rings. The van der Waals surface area contributed by atoms with Crippen LogP contribution >= 0.6 is 12.2 Å². The fourth-order valence-electron chi connectivity index (χ4n) is 1.76. The van der Waals surface area contributed by atoms with Crippen LogP contribution in [-0.2, 0) is 13.0 Å². The minimum absolute atomic E-state index is 0.586. The third-order valence-electron chi connectivity index (χ3n) is 2.72. The maximum Gasteiger partial charge on any atom is 0.120 e. The Morgan fingerprint density at radius 2 is 1.79 bits per heavy atom. The van der Waals surface area contributed by atoms with Gasteiger partial charge in [0.2, 0.25) is 0 Å². The van der Waals surface area contributed by atoms with Crippen molar-refractivity contribution in [3.05, 3.63) is 65.7 Å². The van der Waals surface area contributed by atoms with Crippen molar-refractivity contribution in [2.24, 2.45) is 4.99 Å². The first kappa shape index (κ1) is 13.5. The van der Waals surface area contributed by atoms with E-state index in [9.17, 15) is 0 Å². The molecule has 0 N–H and O–H groups in total. The van der Waals surface area contributed by atoms with Gasteiger partial charge in [0.1, 0.15) is 12.4 Å². The highest BCUT2D eigenvalue weighted by Gasteiger charge is 1.98. The standard InChI is InChI=1S/C16H15NOS/c19-13-17-10-9-14-7-4-8-16(11-14)18-12-15-5-2-1-3-6-15/h1-8,11H,9-10,12H2. The zero-order valence-electron chi connectivity index (χ0n) is 10.6. The molecule has 96 valence electrons. The number of nitrogens with zero attached hydrogens (tertiary/aromatic N) is 1. The molecule has 0 aliphatic rings. The summed E-state index contributed by atoms with van der Waals surface area (Å²) in [6.45, 7) is 1.26. The van der Waals surface area contributed by atoms with Crippen LogP contribution in [0.25, 0.3) is 0 Å². The van der Waals surface area contributed by atoms with Crippen molar-refractivity contribution < 1.29 is 4.74 Å². The molecule has 0 amide bonds. The van der Waals surface area contributed by atoms with E-state index in [1.54, 1.807) is 0 Å². The van der Waals surface area contributed by atoms with Crippen LogP contribution in [0.3, 0.4) is 0 Å². The topological polar surface area (TPSA) is 21.6 Å². The predicted molar refractivity (Wildman–Crippen MR) is 80.8 cm³/mol. The molecule has 2 aromatic rings. The Labute approximate surface area is 118 Å². The van der Waals surface area contributed by atoms with Crippen LogP contribution in [0.1, 0.15) is 11.1 Å². The minimum Gasteiger partial charge on any atom is -0.489 e. The van der Waals surface area contributed by atoms with Gasteiger partial charge < -0.3 is 4.74 Å². The summed E-state index contributed by atoms with van der Waals surface area (Å²) in [5, 5.41) is 2.38. The first-order chi connectivity index (χ1) is 9.38. The van der Waals surface area contributed by atoms with Crippen molar-refractivity contribution in [1.29, 1.82) is 0 Å². The number of isothiocyanates is 1. The van der Waals surface area contributed by atoms with E-state index < -0.39 is 0 Å². The second-order valence-corrected chi connectivity index (χ2v) is 4.33. The van der Waals surface area contributed by atoms with Crippen molar-refractivity contribution in [3.63, 3.8) is 0 Å². The van der Waals surface area contributed by atoms with Gasteiger partial charge in [-0.05, 0) is 41.9 Å². The summed E-state index contributed by atoms with van der Waals surface area (Å²) >= 11 is 4.55. The molecule has 0 radical (unpaired) electrons. The van der Waals surface area contributed by atoms with Crippen molar-refractivity contribution >= 4 is 17.4 Å². The van der Waals surface area contributed by atoms with E-state index in [0.29, 0.717) is 13.2 Å². The molecule has 0 aliphatic heterocycles. The lowest BCUT2D eigenvalue weighted by atomic mass is 10.1. The van der Waals surface area contributed by atoms with E-state index in [4.69, 9.17) is 4.74 Å². The number of thiocarbonyl (C=S) groups is 1. The van der Waals surface area contributed by atoms with Gasteiger partial charge in [0, 0.05) is 0 Å². The van der Waals surface area contributed by atoms with Crippen LogP contribution in [0.4, 0.5) is 0 Å². The zero-order valence-corrected chi connectivity index (χ0v) is 11.4. The molecular formula is C16H15NOS. The van der Waals surface area contributed by atoms with Crippen molar-refractivity contribution in [1.82, 2.24) is 0 Å².